The predicted molar refractivity (Wildman–Crippen MR) is 75.0 cm³/mol. The molecule has 1 heterocycles. The second kappa shape index (κ2) is 5.83. The molecule has 2 aromatic rings. The SMILES string of the molecule is NC(CO)Cc1ccc(S(=O)(=O)c2cccs2)cc1. The second-order valence-corrected chi connectivity index (χ2v) is 7.35. The minimum Gasteiger partial charge on any atom is -0.395 e. The molecule has 102 valence electrons. The number of hydrogen-bond acceptors (Lipinski definition) is 5. The molecule has 6 heteroatoms. The summed E-state index contributed by atoms with van der Waals surface area (Å²) in [7, 11) is -3.41. The van der Waals surface area contributed by atoms with Gasteiger partial charge in [-0.3, -0.25) is 0 Å². The molecule has 0 saturated heterocycles. The third kappa shape index (κ3) is 3.22. The Morgan fingerprint density at radius 3 is 2.42 bits per heavy atom. The first-order valence-electron chi connectivity index (χ1n) is 5.78. The zero-order chi connectivity index (χ0) is 13.9. The van der Waals surface area contributed by atoms with Gasteiger partial charge in [-0.25, -0.2) is 8.42 Å². The van der Waals surface area contributed by atoms with Crippen molar-refractivity contribution < 1.29 is 13.5 Å². The average molecular weight is 297 g/mol. The highest BCUT2D eigenvalue weighted by molar-refractivity contribution is 7.93. The highest BCUT2D eigenvalue weighted by Gasteiger charge is 2.18. The van der Waals surface area contributed by atoms with E-state index in [1.54, 1.807) is 41.8 Å². The van der Waals surface area contributed by atoms with Crippen LogP contribution < -0.4 is 5.73 Å². The summed E-state index contributed by atoms with van der Waals surface area (Å²) in [5.41, 5.74) is 6.55. The molecule has 1 atom stereocenters. The van der Waals surface area contributed by atoms with Gasteiger partial charge in [-0.2, -0.15) is 0 Å². The van der Waals surface area contributed by atoms with Crippen LogP contribution in [0.4, 0.5) is 0 Å². The van der Waals surface area contributed by atoms with Crippen molar-refractivity contribution in [3.05, 3.63) is 47.3 Å². The molecule has 3 N–H and O–H groups in total. The number of hydrogen-bond donors (Lipinski definition) is 2. The summed E-state index contributed by atoms with van der Waals surface area (Å²) < 4.78 is 24.8. The summed E-state index contributed by atoms with van der Waals surface area (Å²) in [4.78, 5) is 0.274. The van der Waals surface area contributed by atoms with E-state index in [0.29, 0.717) is 10.6 Å². The zero-order valence-corrected chi connectivity index (χ0v) is 11.8. The quantitative estimate of drug-likeness (QED) is 0.875. The van der Waals surface area contributed by atoms with Crippen LogP contribution in [0.5, 0.6) is 0 Å². The fourth-order valence-corrected chi connectivity index (χ4v) is 4.10. The Kier molecular flexibility index (Phi) is 4.36. The Morgan fingerprint density at radius 2 is 1.89 bits per heavy atom. The molecule has 0 aliphatic carbocycles. The number of rotatable bonds is 5. The van der Waals surface area contributed by atoms with Gasteiger partial charge < -0.3 is 10.8 Å². The maximum Gasteiger partial charge on any atom is 0.215 e. The number of nitrogens with two attached hydrogens (primary N) is 1. The first kappa shape index (κ1) is 14.2. The van der Waals surface area contributed by atoms with Crippen LogP contribution >= 0.6 is 11.3 Å². The highest BCUT2D eigenvalue weighted by Crippen LogP contribution is 2.25. The molecule has 2 rings (SSSR count). The standard InChI is InChI=1S/C13H15NO3S2/c14-11(9-15)8-10-3-5-12(6-4-10)19(16,17)13-2-1-7-18-13/h1-7,11,15H,8-9,14H2. The van der Waals surface area contributed by atoms with Gasteiger partial charge >= 0.3 is 0 Å². The molecule has 4 nitrogen and oxygen atoms in total. The van der Waals surface area contributed by atoms with Gasteiger partial charge in [0, 0.05) is 6.04 Å². The van der Waals surface area contributed by atoms with Crippen LogP contribution in [0.15, 0.2) is 50.9 Å². The van der Waals surface area contributed by atoms with Gasteiger partial charge in [-0.15, -0.1) is 11.3 Å². The molecule has 1 aromatic carbocycles. The monoisotopic (exact) mass is 297 g/mol. The minimum absolute atomic E-state index is 0.0881. The zero-order valence-electron chi connectivity index (χ0n) is 10.2. The van der Waals surface area contributed by atoms with E-state index in [0.717, 1.165) is 5.56 Å². The summed E-state index contributed by atoms with van der Waals surface area (Å²) in [5, 5.41) is 10.6. The van der Waals surface area contributed by atoms with Crippen molar-refractivity contribution in [2.75, 3.05) is 6.61 Å². The summed E-state index contributed by atoms with van der Waals surface area (Å²) in [6.45, 7) is -0.0881. The second-order valence-electron chi connectivity index (χ2n) is 4.23. The van der Waals surface area contributed by atoms with Crippen molar-refractivity contribution >= 4 is 21.2 Å². The molecule has 0 amide bonds. The van der Waals surface area contributed by atoms with Gasteiger partial charge in [0.15, 0.2) is 0 Å². The van der Waals surface area contributed by atoms with E-state index < -0.39 is 9.84 Å². The van der Waals surface area contributed by atoms with Crippen LogP contribution in [0.1, 0.15) is 5.56 Å². The minimum atomic E-state index is -3.41. The van der Waals surface area contributed by atoms with Crippen molar-refractivity contribution in [2.24, 2.45) is 5.73 Å². The Hall–Kier alpha value is -1.21. The maximum atomic E-state index is 12.2. The van der Waals surface area contributed by atoms with Crippen molar-refractivity contribution in [1.29, 1.82) is 0 Å². The Bertz CT molecular complexity index is 618. The molecular formula is C13H15NO3S2. The molecular weight excluding hydrogens is 282 g/mol. The first-order chi connectivity index (χ1) is 9.04. The number of benzene rings is 1. The summed E-state index contributed by atoms with van der Waals surface area (Å²) in [6.07, 6.45) is 0.524. The third-order valence-corrected chi connectivity index (χ3v) is 5.89. The Balaban J connectivity index is 2.24. The highest BCUT2D eigenvalue weighted by atomic mass is 32.2. The third-order valence-electron chi connectivity index (χ3n) is 2.73. The Morgan fingerprint density at radius 1 is 1.21 bits per heavy atom. The van der Waals surface area contributed by atoms with Crippen LogP contribution in [0.2, 0.25) is 0 Å². The molecule has 0 aliphatic heterocycles. The topological polar surface area (TPSA) is 80.4 Å². The lowest BCUT2D eigenvalue weighted by Crippen LogP contribution is -2.26. The smallest absolute Gasteiger partial charge is 0.215 e. The number of aliphatic hydroxyl groups is 1. The van der Waals surface area contributed by atoms with Crippen molar-refractivity contribution in [2.45, 2.75) is 21.6 Å². The van der Waals surface area contributed by atoms with Gasteiger partial charge in [0.1, 0.15) is 4.21 Å². The lowest BCUT2D eigenvalue weighted by atomic mass is 10.1. The van der Waals surface area contributed by atoms with Gasteiger partial charge in [0.2, 0.25) is 9.84 Å². The molecule has 1 unspecified atom stereocenters. The van der Waals surface area contributed by atoms with Crippen molar-refractivity contribution in [3.8, 4) is 0 Å². The number of aliphatic hydroxyl groups excluding tert-OH is 1. The van der Waals surface area contributed by atoms with Crippen LogP contribution in [-0.2, 0) is 16.3 Å². The molecule has 0 bridgehead atoms. The van der Waals surface area contributed by atoms with E-state index in [2.05, 4.69) is 0 Å². The molecule has 0 saturated carbocycles. The van der Waals surface area contributed by atoms with Gasteiger partial charge in [0.05, 0.1) is 11.5 Å². The lowest BCUT2D eigenvalue weighted by molar-refractivity contribution is 0.265. The number of sulfone groups is 1. The Labute approximate surface area is 116 Å². The molecule has 19 heavy (non-hydrogen) atoms. The van der Waals surface area contributed by atoms with Gasteiger partial charge in [0.25, 0.3) is 0 Å². The van der Waals surface area contributed by atoms with Crippen molar-refractivity contribution in [3.63, 3.8) is 0 Å². The van der Waals surface area contributed by atoms with E-state index in [9.17, 15) is 8.42 Å². The predicted octanol–water partition coefficient (Wildman–Crippen LogP) is 1.44. The average Bonchev–Trinajstić information content (AvgIpc) is 2.94. The van der Waals surface area contributed by atoms with E-state index in [-0.39, 0.29) is 17.5 Å². The van der Waals surface area contributed by atoms with E-state index in [1.165, 1.54) is 11.3 Å². The fraction of sp³-hybridized carbons (Fsp3) is 0.231. The summed E-state index contributed by atoms with van der Waals surface area (Å²) in [6, 6.07) is 9.61. The number of thiophene rings is 1. The molecule has 0 radical (unpaired) electrons. The van der Waals surface area contributed by atoms with Crippen LogP contribution in [0.3, 0.4) is 0 Å². The lowest BCUT2D eigenvalue weighted by Gasteiger charge is -2.08. The van der Waals surface area contributed by atoms with E-state index >= 15 is 0 Å². The van der Waals surface area contributed by atoms with Crippen molar-refractivity contribution in [1.82, 2.24) is 0 Å². The van der Waals surface area contributed by atoms with Crippen LogP contribution in [0.25, 0.3) is 0 Å². The van der Waals surface area contributed by atoms with E-state index in [4.69, 9.17) is 10.8 Å². The molecule has 0 spiro atoms. The van der Waals surface area contributed by atoms with E-state index in [1.807, 2.05) is 0 Å². The largest absolute Gasteiger partial charge is 0.395 e. The molecule has 0 fully saturated rings. The molecule has 1 aromatic heterocycles. The molecule has 0 aliphatic rings. The van der Waals surface area contributed by atoms with Crippen LogP contribution in [-0.4, -0.2) is 26.2 Å². The fourth-order valence-electron chi connectivity index (χ4n) is 1.70. The first-order valence-corrected chi connectivity index (χ1v) is 8.14. The normalized spacial score (nSPS) is 13.4. The summed E-state index contributed by atoms with van der Waals surface area (Å²) >= 11 is 1.20. The van der Waals surface area contributed by atoms with Gasteiger partial charge in [-0.1, -0.05) is 18.2 Å². The van der Waals surface area contributed by atoms with Crippen LogP contribution in [0, 0.1) is 0 Å². The van der Waals surface area contributed by atoms with Gasteiger partial charge in [-0.05, 0) is 35.6 Å². The maximum absolute atomic E-state index is 12.2. The summed E-state index contributed by atoms with van der Waals surface area (Å²) in [5.74, 6) is 0.